The molecule has 3 N–H and O–H groups in total. The van der Waals surface area contributed by atoms with Crippen LogP contribution in [0, 0.1) is 28.6 Å². The number of carboxylic acid groups (broad SMARTS) is 1. The van der Waals surface area contributed by atoms with E-state index in [9.17, 15) is 24.7 Å². The first-order valence-electron chi connectivity index (χ1n) is 6.03. The van der Waals surface area contributed by atoms with Gasteiger partial charge in [-0.2, -0.15) is 4.91 Å². The Hall–Kier alpha value is -1.60. The molecule has 7 nitrogen and oxygen atoms in total. The van der Waals surface area contributed by atoms with Crippen LogP contribution in [0.4, 0.5) is 0 Å². The number of aliphatic hydroxyl groups is 2. The summed E-state index contributed by atoms with van der Waals surface area (Å²) in [5.41, 5.74) is 0.177. The second-order valence-corrected chi connectivity index (χ2v) is 5.02. The van der Waals surface area contributed by atoms with Gasteiger partial charge in [-0.25, -0.2) is 0 Å². The van der Waals surface area contributed by atoms with Crippen molar-refractivity contribution >= 4 is 11.8 Å². The Bertz CT molecular complexity index is 457. The standard InChI is InChI=1S/C12H15NO6/c1-4(15)6-8-9(11(6)16)7(12(17)18)5(2-3-14)10(8)13-19/h2,4,6-10,14-15H,3H2,1H3,(H,17,18). The van der Waals surface area contributed by atoms with Crippen LogP contribution >= 0.6 is 0 Å². The molecule has 0 aromatic rings. The van der Waals surface area contributed by atoms with Crippen molar-refractivity contribution in [3.8, 4) is 0 Å². The van der Waals surface area contributed by atoms with Crippen LogP contribution in [0.15, 0.2) is 16.8 Å². The second kappa shape index (κ2) is 4.82. The molecule has 104 valence electrons. The Labute approximate surface area is 108 Å². The van der Waals surface area contributed by atoms with Gasteiger partial charge < -0.3 is 15.3 Å². The number of Topliss-reactive ketones (excluding diaryl/α,β-unsaturated/α-hetero) is 1. The topological polar surface area (TPSA) is 124 Å². The van der Waals surface area contributed by atoms with Crippen LogP contribution < -0.4 is 0 Å². The van der Waals surface area contributed by atoms with Gasteiger partial charge in [-0.05, 0) is 12.5 Å². The lowest BCUT2D eigenvalue weighted by atomic mass is 9.60. The van der Waals surface area contributed by atoms with Crippen molar-refractivity contribution in [1.29, 1.82) is 0 Å². The van der Waals surface area contributed by atoms with Crippen molar-refractivity contribution < 1.29 is 24.9 Å². The van der Waals surface area contributed by atoms with Gasteiger partial charge in [0.2, 0.25) is 0 Å². The number of carboxylic acids is 1. The lowest BCUT2D eigenvalue weighted by Crippen LogP contribution is -2.54. The maximum atomic E-state index is 12.0. The summed E-state index contributed by atoms with van der Waals surface area (Å²) in [6, 6.07) is -0.962. The Morgan fingerprint density at radius 1 is 1.53 bits per heavy atom. The van der Waals surface area contributed by atoms with Crippen LogP contribution in [0.3, 0.4) is 0 Å². The number of rotatable bonds is 4. The molecule has 0 bridgehead atoms. The van der Waals surface area contributed by atoms with Gasteiger partial charge in [-0.3, -0.25) is 9.59 Å². The number of ketones is 1. The quantitative estimate of drug-likeness (QED) is 0.469. The third kappa shape index (κ3) is 1.81. The van der Waals surface area contributed by atoms with Crippen LogP contribution in [-0.2, 0) is 9.59 Å². The fraction of sp³-hybridized carbons (Fsp3) is 0.667. The summed E-state index contributed by atoms with van der Waals surface area (Å²) in [5.74, 6) is -4.83. The fourth-order valence-corrected chi connectivity index (χ4v) is 3.44. The smallest absolute Gasteiger partial charge is 0.311 e. The molecule has 2 aliphatic rings. The normalized spacial score (nSPS) is 40.7. The molecular weight excluding hydrogens is 254 g/mol. The Kier molecular flexibility index (Phi) is 3.51. The van der Waals surface area contributed by atoms with Crippen molar-refractivity contribution in [2.24, 2.45) is 28.8 Å². The zero-order chi connectivity index (χ0) is 14.3. The number of aliphatic carboxylic acids is 1. The van der Waals surface area contributed by atoms with E-state index in [0.29, 0.717) is 0 Å². The van der Waals surface area contributed by atoms with Gasteiger partial charge in [0.25, 0.3) is 0 Å². The molecule has 7 heteroatoms. The number of fused-ring (bicyclic) bond motifs is 1. The summed E-state index contributed by atoms with van der Waals surface area (Å²) < 4.78 is 0. The van der Waals surface area contributed by atoms with Crippen molar-refractivity contribution in [2.45, 2.75) is 19.1 Å². The number of carbonyl (C=O) groups is 2. The summed E-state index contributed by atoms with van der Waals surface area (Å²) in [6.45, 7) is 1.02. The van der Waals surface area contributed by atoms with E-state index < -0.39 is 48.4 Å². The zero-order valence-corrected chi connectivity index (χ0v) is 10.3. The van der Waals surface area contributed by atoms with Crippen LogP contribution in [-0.4, -0.2) is 45.8 Å². The maximum Gasteiger partial charge on any atom is 0.311 e. The molecule has 6 atom stereocenters. The van der Waals surface area contributed by atoms with Gasteiger partial charge in [0.05, 0.1) is 18.6 Å². The highest BCUT2D eigenvalue weighted by Crippen LogP contribution is 2.56. The third-order valence-corrected chi connectivity index (χ3v) is 4.14. The number of hydrogen-bond donors (Lipinski definition) is 3. The Morgan fingerprint density at radius 2 is 2.16 bits per heavy atom. The second-order valence-electron chi connectivity index (χ2n) is 5.02. The number of nitrogens with zero attached hydrogens (tertiary/aromatic N) is 1. The highest BCUT2D eigenvalue weighted by atomic mass is 16.4. The molecule has 0 heterocycles. The molecule has 2 rings (SSSR count). The van der Waals surface area contributed by atoms with Crippen molar-refractivity contribution in [2.75, 3.05) is 6.61 Å². The van der Waals surface area contributed by atoms with Crippen LogP contribution in [0.2, 0.25) is 0 Å². The minimum atomic E-state index is -1.21. The minimum absolute atomic E-state index is 0.177. The molecule has 0 spiro atoms. The predicted molar refractivity (Wildman–Crippen MR) is 63.0 cm³/mol. The van der Waals surface area contributed by atoms with E-state index in [4.69, 9.17) is 5.11 Å². The minimum Gasteiger partial charge on any atom is -0.481 e. The number of hydrogen-bond acceptors (Lipinski definition) is 6. The molecule has 2 aliphatic carbocycles. The van der Waals surface area contributed by atoms with E-state index in [0.717, 1.165) is 0 Å². The van der Waals surface area contributed by atoms with Crippen molar-refractivity contribution in [3.63, 3.8) is 0 Å². The van der Waals surface area contributed by atoms with E-state index in [1.54, 1.807) is 0 Å². The summed E-state index contributed by atoms with van der Waals surface area (Å²) in [7, 11) is 0. The number of nitroso groups, excluding NO2 is 1. The van der Waals surface area contributed by atoms with Crippen molar-refractivity contribution in [3.05, 3.63) is 16.6 Å². The first-order chi connectivity index (χ1) is 8.95. The first-order valence-corrected chi connectivity index (χ1v) is 6.03. The third-order valence-electron chi connectivity index (χ3n) is 4.14. The molecule has 6 unspecified atom stereocenters. The highest BCUT2D eigenvalue weighted by Gasteiger charge is 2.66. The molecule has 2 saturated carbocycles. The summed E-state index contributed by atoms with van der Waals surface area (Å²) in [5, 5.41) is 30.6. The molecular formula is C12H15NO6. The monoisotopic (exact) mass is 269 g/mol. The van der Waals surface area contributed by atoms with Gasteiger partial charge in [0, 0.05) is 17.8 Å². The van der Waals surface area contributed by atoms with Crippen molar-refractivity contribution in [1.82, 2.24) is 0 Å². The maximum absolute atomic E-state index is 12.0. The molecule has 0 amide bonds. The summed E-state index contributed by atoms with van der Waals surface area (Å²) >= 11 is 0. The SMILES string of the molecule is CC(O)C1C(=O)C2C(C(=O)O)C(=CCO)C(N=O)C12. The molecule has 19 heavy (non-hydrogen) atoms. The molecule has 0 aromatic heterocycles. The molecule has 2 fully saturated rings. The number of carbonyl (C=O) groups excluding carboxylic acids is 1. The summed E-state index contributed by atoms with van der Waals surface area (Å²) in [6.07, 6.45) is 0.288. The molecule has 0 aliphatic heterocycles. The van der Waals surface area contributed by atoms with E-state index in [-0.39, 0.29) is 11.4 Å². The van der Waals surface area contributed by atoms with Gasteiger partial charge in [-0.15, -0.1) is 0 Å². The zero-order valence-electron chi connectivity index (χ0n) is 10.3. The molecule has 0 radical (unpaired) electrons. The Morgan fingerprint density at radius 3 is 2.58 bits per heavy atom. The van der Waals surface area contributed by atoms with Crippen LogP contribution in [0.1, 0.15) is 6.92 Å². The fourth-order valence-electron chi connectivity index (χ4n) is 3.44. The predicted octanol–water partition coefficient (Wildman–Crippen LogP) is -0.433. The lowest BCUT2D eigenvalue weighted by molar-refractivity contribution is -0.158. The first kappa shape index (κ1) is 13.8. The van der Waals surface area contributed by atoms with Crippen LogP contribution in [0.25, 0.3) is 0 Å². The lowest BCUT2D eigenvalue weighted by Gasteiger charge is -2.41. The average Bonchev–Trinajstić information content (AvgIpc) is 2.59. The van der Waals surface area contributed by atoms with Crippen LogP contribution in [0.5, 0.6) is 0 Å². The van der Waals surface area contributed by atoms with E-state index in [2.05, 4.69) is 5.18 Å². The van der Waals surface area contributed by atoms with E-state index >= 15 is 0 Å². The van der Waals surface area contributed by atoms with Gasteiger partial charge >= 0.3 is 5.97 Å². The number of aliphatic hydroxyl groups excluding tert-OH is 2. The molecule has 0 aromatic carbocycles. The largest absolute Gasteiger partial charge is 0.481 e. The average molecular weight is 269 g/mol. The highest BCUT2D eigenvalue weighted by molar-refractivity contribution is 5.97. The summed E-state index contributed by atoms with van der Waals surface area (Å²) in [4.78, 5) is 34.2. The molecule has 0 saturated heterocycles. The Balaban J connectivity index is 2.44. The van der Waals surface area contributed by atoms with Gasteiger partial charge in [0.1, 0.15) is 11.8 Å². The van der Waals surface area contributed by atoms with E-state index in [1.165, 1.54) is 13.0 Å². The van der Waals surface area contributed by atoms with Gasteiger partial charge in [-0.1, -0.05) is 11.3 Å². The van der Waals surface area contributed by atoms with E-state index in [1.807, 2.05) is 0 Å². The van der Waals surface area contributed by atoms with Gasteiger partial charge in [0.15, 0.2) is 0 Å².